The Morgan fingerprint density at radius 3 is 2.12 bits per heavy atom. The smallest absolute Gasteiger partial charge is 0.303 e. The highest BCUT2D eigenvalue weighted by Gasteiger charge is 2.29. The number of amides is 2. The molecule has 2 aromatic rings. The van der Waals surface area contributed by atoms with Gasteiger partial charge in [0, 0.05) is 46.2 Å². The average Bonchev–Trinajstić information content (AvgIpc) is 3.59. The van der Waals surface area contributed by atoms with Crippen molar-refractivity contribution in [2.75, 3.05) is 0 Å². The van der Waals surface area contributed by atoms with Gasteiger partial charge in [0.15, 0.2) is 0 Å². The first-order valence-electron chi connectivity index (χ1n) is 14.4. The van der Waals surface area contributed by atoms with Crippen LogP contribution in [0.5, 0.6) is 0 Å². The molecule has 0 spiro atoms. The first-order chi connectivity index (χ1) is 20.4. The minimum Gasteiger partial charge on any atom is -0.481 e. The van der Waals surface area contributed by atoms with Crippen LogP contribution in [-0.4, -0.2) is 49.6 Å². The molecule has 0 aliphatic carbocycles. The summed E-state index contributed by atoms with van der Waals surface area (Å²) < 4.78 is 0. The lowest BCUT2D eigenvalue weighted by Crippen LogP contribution is -2.16. The molecule has 1 atom stereocenters. The molecule has 1 saturated heterocycles. The summed E-state index contributed by atoms with van der Waals surface area (Å²) in [5.41, 5.74) is 8.40. The number of allylic oxidation sites excluding steroid dienone is 3. The topological polar surface area (TPSA) is 165 Å². The predicted molar refractivity (Wildman–Crippen MR) is 165 cm³/mol. The van der Waals surface area contributed by atoms with E-state index in [9.17, 15) is 29.4 Å². The van der Waals surface area contributed by atoms with Crippen LogP contribution in [0.2, 0.25) is 0 Å². The molecule has 5 N–H and O–H groups in total. The van der Waals surface area contributed by atoms with Gasteiger partial charge in [-0.15, -0.1) is 0 Å². The maximum Gasteiger partial charge on any atom is 0.303 e. The Morgan fingerprint density at radius 1 is 0.884 bits per heavy atom. The molecular formula is C33H38N4O6. The maximum absolute atomic E-state index is 12.3. The van der Waals surface area contributed by atoms with E-state index in [2.05, 4.69) is 20.3 Å². The molecule has 43 heavy (non-hydrogen) atoms. The Labute approximate surface area is 249 Å². The molecular weight excluding hydrogens is 548 g/mol. The van der Waals surface area contributed by atoms with Crippen LogP contribution in [-0.2, 0) is 32.0 Å². The van der Waals surface area contributed by atoms with Crippen LogP contribution in [0, 0.1) is 19.8 Å². The summed E-state index contributed by atoms with van der Waals surface area (Å²) in [5, 5.41) is 23.2. The summed E-state index contributed by atoms with van der Waals surface area (Å²) in [6.07, 6.45) is 8.45. The fourth-order valence-corrected chi connectivity index (χ4v) is 5.77. The molecule has 226 valence electrons. The Balaban J connectivity index is 1.91. The number of aromatic amines is 2. The van der Waals surface area contributed by atoms with Crippen molar-refractivity contribution in [1.29, 1.82) is 0 Å². The molecule has 1 fully saturated rings. The van der Waals surface area contributed by atoms with E-state index in [-0.39, 0.29) is 43.4 Å². The summed E-state index contributed by atoms with van der Waals surface area (Å²) in [6, 6.07) is 0. The minimum absolute atomic E-state index is 0.0721. The SMILES string of the molecule is C/C=C1\C(=C\c2[nH]c(/C=c3\[nH]/c(=C\C4=NC(=O)C(CC)=C4C)c(C)c3CCC(=O)O)c(CCC(=O)O)c2C)NC(=O)[C@@H]1C. The van der Waals surface area contributed by atoms with Crippen LogP contribution < -0.4 is 16.0 Å². The second-order valence-corrected chi connectivity index (χ2v) is 11.0. The second-order valence-electron chi connectivity index (χ2n) is 11.0. The van der Waals surface area contributed by atoms with Crippen molar-refractivity contribution < 1.29 is 29.4 Å². The van der Waals surface area contributed by atoms with E-state index in [1.165, 1.54) is 0 Å². The van der Waals surface area contributed by atoms with E-state index >= 15 is 0 Å². The van der Waals surface area contributed by atoms with Crippen molar-refractivity contribution in [2.24, 2.45) is 10.9 Å². The van der Waals surface area contributed by atoms with Gasteiger partial charge < -0.3 is 25.5 Å². The highest BCUT2D eigenvalue weighted by molar-refractivity contribution is 6.30. The van der Waals surface area contributed by atoms with E-state index in [0.29, 0.717) is 39.8 Å². The Bertz CT molecular complexity index is 1780. The first-order valence-corrected chi connectivity index (χ1v) is 14.4. The van der Waals surface area contributed by atoms with E-state index in [1.54, 1.807) is 0 Å². The zero-order chi connectivity index (χ0) is 31.6. The Hall–Kier alpha value is -4.73. The number of carboxylic acid groups (broad SMARTS) is 2. The molecule has 2 aliphatic rings. The number of rotatable bonds is 10. The standard InChI is InChI=1S/C33H38N4O6/c1-7-20-19(6)32(42)37-27(20)14-25-18(5)23(10-12-31(40)41)29(35-25)15-28-22(9-11-30(38)39)17(4)24(34-28)13-26-16(3)21(8-2)33(43)36-26/h7,13-15,19,34-35H,8-12H2,1-6H3,(H,37,42)(H,38,39)(H,40,41)/b20-7-,24-13-,27-14-,28-15-/t19-/m1/s1. The van der Waals surface area contributed by atoms with Crippen molar-refractivity contribution in [3.8, 4) is 0 Å². The van der Waals surface area contributed by atoms with Crippen LogP contribution in [0.25, 0.3) is 18.2 Å². The van der Waals surface area contributed by atoms with E-state index < -0.39 is 11.9 Å². The summed E-state index contributed by atoms with van der Waals surface area (Å²) in [6.45, 7) is 11.3. The normalized spacial score (nSPS) is 19.8. The van der Waals surface area contributed by atoms with Gasteiger partial charge in [0.2, 0.25) is 5.91 Å². The predicted octanol–water partition coefficient (Wildman–Crippen LogP) is 3.36. The number of aromatic nitrogens is 2. The second kappa shape index (κ2) is 12.6. The molecule has 0 radical (unpaired) electrons. The Morgan fingerprint density at radius 2 is 1.53 bits per heavy atom. The van der Waals surface area contributed by atoms with Crippen LogP contribution in [0.4, 0.5) is 0 Å². The molecule has 0 saturated carbocycles. The van der Waals surface area contributed by atoms with Gasteiger partial charge in [0.25, 0.3) is 5.91 Å². The summed E-state index contributed by atoms with van der Waals surface area (Å²) >= 11 is 0. The third-order valence-corrected chi connectivity index (χ3v) is 8.35. The number of carbonyl (C=O) groups is 4. The zero-order valence-corrected chi connectivity index (χ0v) is 25.4. The van der Waals surface area contributed by atoms with Gasteiger partial charge in [-0.05, 0) is 106 Å². The van der Waals surface area contributed by atoms with Crippen LogP contribution >= 0.6 is 0 Å². The van der Waals surface area contributed by atoms with Gasteiger partial charge in [-0.25, -0.2) is 4.99 Å². The van der Waals surface area contributed by atoms with Gasteiger partial charge >= 0.3 is 11.9 Å². The number of hydrogen-bond acceptors (Lipinski definition) is 4. The fourth-order valence-electron chi connectivity index (χ4n) is 5.77. The van der Waals surface area contributed by atoms with E-state index in [4.69, 9.17) is 0 Å². The zero-order valence-electron chi connectivity index (χ0n) is 25.4. The molecule has 10 heteroatoms. The number of nitrogens with one attached hydrogen (secondary N) is 3. The molecule has 2 aromatic heterocycles. The lowest BCUT2D eigenvalue weighted by Gasteiger charge is -2.03. The molecule has 0 unspecified atom stereocenters. The van der Waals surface area contributed by atoms with Gasteiger partial charge in [0.05, 0.1) is 11.6 Å². The maximum atomic E-state index is 12.3. The van der Waals surface area contributed by atoms with E-state index in [1.807, 2.05) is 65.8 Å². The monoisotopic (exact) mass is 586 g/mol. The van der Waals surface area contributed by atoms with Gasteiger partial charge in [-0.1, -0.05) is 13.0 Å². The summed E-state index contributed by atoms with van der Waals surface area (Å²) in [5.74, 6) is -2.44. The average molecular weight is 587 g/mol. The third kappa shape index (κ3) is 6.38. The number of carboxylic acids is 2. The van der Waals surface area contributed by atoms with Crippen molar-refractivity contribution in [3.63, 3.8) is 0 Å². The Kier molecular flexibility index (Phi) is 9.18. The van der Waals surface area contributed by atoms with Crippen molar-refractivity contribution in [3.05, 3.63) is 72.8 Å². The highest BCUT2D eigenvalue weighted by Crippen LogP contribution is 2.29. The first kappa shape index (κ1) is 31.2. The molecule has 10 nitrogen and oxygen atoms in total. The number of aliphatic imine (C=N–C) groups is 1. The molecule has 0 aromatic carbocycles. The summed E-state index contributed by atoms with van der Waals surface area (Å²) in [4.78, 5) is 58.8. The number of hydrogen-bond donors (Lipinski definition) is 5. The lowest BCUT2D eigenvalue weighted by atomic mass is 10.00. The number of nitrogens with zero attached hydrogens (tertiary/aromatic N) is 1. The van der Waals surface area contributed by atoms with Crippen LogP contribution in [0.1, 0.15) is 80.6 Å². The molecule has 4 rings (SSSR count). The number of carbonyl (C=O) groups excluding carboxylic acids is 2. The number of H-pyrrole nitrogens is 2. The van der Waals surface area contributed by atoms with Crippen LogP contribution in [0.3, 0.4) is 0 Å². The molecule has 2 amide bonds. The van der Waals surface area contributed by atoms with Gasteiger partial charge in [-0.2, -0.15) is 0 Å². The summed E-state index contributed by atoms with van der Waals surface area (Å²) in [7, 11) is 0. The number of aliphatic carboxylic acids is 2. The highest BCUT2D eigenvalue weighted by atomic mass is 16.4. The minimum atomic E-state index is -0.923. The molecule has 0 bridgehead atoms. The van der Waals surface area contributed by atoms with Crippen molar-refractivity contribution in [1.82, 2.24) is 15.3 Å². The quantitative estimate of drug-likeness (QED) is 0.286. The fraction of sp³-hybridized carbons (Fsp3) is 0.364. The van der Waals surface area contributed by atoms with Crippen molar-refractivity contribution in [2.45, 2.75) is 73.6 Å². The largest absolute Gasteiger partial charge is 0.481 e. The molecule has 2 aliphatic heterocycles. The molecule has 4 heterocycles. The van der Waals surface area contributed by atoms with Gasteiger partial charge in [-0.3, -0.25) is 19.2 Å². The van der Waals surface area contributed by atoms with Crippen molar-refractivity contribution >= 4 is 47.7 Å². The van der Waals surface area contributed by atoms with Crippen LogP contribution in [0.15, 0.2) is 33.5 Å². The van der Waals surface area contributed by atoms with E-state index in [0.717, 1.165) is 39.1 Å². The lowest BCUT2D eigenvalue weighted by molar-refractivity contribution is -0.138. The van der Waals surface area contributed by atoms with Gasteiger partial charge in [0.1, 0.15) is 0 Å². The third-order valence-electron chi connectivity index (χ3n) is 8.35.